The molecule has 2 atom stereocenters. The number of fused-ring (bicyclic) bond motifs is 3. The summed E-state index contributed by atoms with van der Waals surface area (Å²) in [6.07, 6.45) is 1.19. The minimum Gasteiger partial charge on any atom is -0.380 e. The van der Waals surface area contributed by atoms with Crippen LogP contribution in [0.15, 0.2) is 52.3 Å². The summed E-state index contributed by atoms with van der Waals surface area (Å²) in [5.74, 6) is 0.400. The zero-order chi connectivity index (χ0) is 15.1. The quantitative estimate of drug-likeness (QED) is 0.895. The van der Waals surface area contributed by atoms with Crippen LogP contribution in [0.25, 0.3) is 0 Å². The second-order valence-corrected chi connectivity index (χ2v) is 7.30. The third kappa shape index (κ3) is 2.50. The summed E-state index contributed by atoms with van der Waals surface area (Å²) < 4.78 is 13.1. The Morgan fingerprint density at radius 3 is 2.82 bits per heavy atom. The molecule has 0 aliphatic carbocycles. The molecule has 2 aliphatic heterocycles. The highest BCUT2D eigenvalue weighted by Crippen LogP contribution is 2.45. The maximum atomic E-state index is 13.1. The number of benzene rings is 2. The van der Waals surface area contributed by atoms with Gasteiger partial charge in [-0.2, -0.15) is 0 Å². The minimum absolute atomic E-state index is 0.185. The van der Waals surface area contributed by atoms with Gasteiger partial charge in [-0.15, -0.1) is 0 Å². The fourth-order valence-electron chi connectivity index (χ4n) is 3.51. The molecule has 2 aromatic rings. The lowest BCUT2D eigenvalue weighted by Gasteiger charge is -2.32. The summed E-state index contributed by atoms with van der Waals surface area (Å²) in [6.45, 7) is 2.28. The number of hydrogen-bond donors (Lipinski definition) is 1. The highest BCUT2D eigenvalue weighted by Gasteiger charge is 2.36. The zero-order valence-corrected chi connectivity index (χ0v) is 13.4. The van der Waals surface area contributed by atoms with Crippen molar-refractivity contribution in [3.63, 3.8) is 0 Å². The first-order chi connectivity index (χ1) is 10.7. The topological polar surface area (TPSA) is 15.3 Å². The number of anilines is 1. The number of likely N-dealkylation sites (tertiary alicyclic amines) is 1. The first kappa shape index (κ1) is 14.1. The molecule has 0 unspecified atom stereocenters. The lowest BCUT2D eigenvalue weighted by atomic mass is 9.90. The molecule has 2 aliphatic rings. The number of piperidine rings is 1. The van der Waals surface area contributed by atoms with E-state index in [2.05, 4.69) is 35.5 Å². The van der Waals surface area contributed by atoms with Gasteiger partial charge in [0.15, 0.2) is 0 Å². The Morgan fingerprint density at radius 1 is 1.18 bits per heavy atom. The highest BCUT2D eigenvalue weighted by atomic mass is 32.2. The number of rotatable bonds is 2. The van der Waals surface area contributed by atoms with Crippen molar-refractivity contribution in [2.45, 2.75) is 28.2 Å². The van der Waals surface area contributed by atoms with Crippen LogP contribution in [0.3, 0.4) is 0 Å². The Balaban J connectivity index is 1.65. The smallest absolute Gasteiger partial charge is 0.123 e. The van der Waals surface area contributed by atoms with Crippen LogP contribution in [0.1, 0.15) is 17.9 Å². The molecule has 0 amide bonds. The number of hydrogen-bond acceptors (Lipinski definition) is 3. The molecule has 0 saturated carbocycles. The van der Waals surface area contributed by atoms with Crippen molar-refractivity contribution in [1.82, 2.24) is 4.90 Å². The van der Waals surface area contributed by atoms with Crippen LogP contribution < -0.4 is 5.32 Å². The van der Waals surface area contributed by atoms with Gasteiger partial charge in [-0.1, -0.05) is 23.9 Å². The predicted molar refractivity (Wildman–Crippen MR) is 89.2 cm³/mol. The molecule has 2 heterocycles. The largest absolute Gasteiger partial charge is 0.380 e. The van der Waals surface area contributed by atoms with E-state index in [-0.39, 0.29) is 5.82 Å². The monoisotopic (exact) mass is 314 g/mol. The Bertz CT molecular complexity index is 686. The molecule has 0 bridgehead atoms. The van der Waals surface area contributed by atoms with Gasteiger partial charge in [0.2, 0.25) is 0 Å². The van der Waals surface area contributed by atoms with Crippen molar-refractivity contribution in [1.29, 1.82) is 0 Å². The first-order valence-electron chi connectivity index (χ1n) is 7.72. The van der Waals surface area contributed by atoms with E-state index in [1.807, 2.05) is 12.1 Å². The zero-order valence-electron chi connectivity index (χ0n) is 12.6. The van der Waals surface area contributed by atoms with Crippen molar-refractivity contribution in [2.24, 2.45) is 0 Å². The van der Waals surface area contributed by atoms with Crippen LogP contribution in [-0.2, 0) is 0 Å². The summed E-state index contributed by atoms with van der Waals surface area (Å²) in [7, 11) is 2.20. The standard InChI is InChI=1S/C18H19FN2S/c1-21-10-9-16-15(11-21)14-3-2-4-17(18(14)20-16)22-13-7-5-12(19)6-8-13/h2-8,15-16,20H,9-11H2,1H3/t15-,16+/m1/s1. The van der Waals surface area contributed by atoms with Gasteiger partial charge in [0, 0.05) is 28.3 Å². The molecular formula is C18H19FN2S. The summed E-state index contributed by atoms with van der Waals surface area (Å²) in [5.41, 5.74) is 2.71. The normalized spacial score (nSPS) is 23.7. The second kappa shape index (κ2) is 5.60. The van der Waals surface area contributed by atoms with Gasteiger partial charge in [-0.3, -0.25) is 0 Å². The van der Waals surface area contributed by atoms with Crippen LogP contribution >= 0.6 is 11.8 Å². The molecule has 22 heavy (non-hydrogen) atoms. The summed E-state index contributed by atoms with van der Waals surface area (Å²) in [6, 6.07) is 13.8. The maximum absolute atomic E-state index is 13.1. The van der Waals surface area contributed by atoms with Crippen LogP contribution in [0, 0.1) is 5.82 Å². The summed E-state index contributed by atoms with van der Waals surface area (Å²) in [4.78, 5) is 4.72. The van der Waals surface area contributed by atoms with Gasteiger partial charge >= 0.3 is 0 Å². The number of nitrogens with zero attached hydrogens (tertiary/aromatic N) is 1. The molecule has 4 heteroatoms. The molecule has 4 rings (SSSR count). The lowest BCUT2D eigenvalue weighted by molar-refractivity contribution is 0.243. The van der Waals surface area contributed by atoms with E-state index in [0.29, 0.717) is 12.0 Å². The Labute approximate surface area is 134 Å². The SMILES string of the molecule is CN1CC[C@@H]2Nc3c(Sc4ccc(F)cc4)cccc3[C@H]2C1. The van der Waals surface area contributed by atoms with Crippen LogP contribution in [0.4, 0.5) is 10.1 Å². The molecule has 0 radical (unpaired) electrons. The molecule has 0 aromatic heterocycles. The molecule has 1 saturated heterocycles. The molecule has 2 nitrogen and oxygen atoms in total. The molecule has 1 fully saturated rings. The van der Waals surface area contributed by atoms with Gasteiger partial charge in [-0.05, 0) is 55.9 Å². The molecule has 2 aromatic carbocycles. The molecule has 1 N–H and O–H groups in total. The third-order valence-corrected chi connectivity index (χ3v) is 5.71. The lowest BCUT2D eigenvalue weighted by Crippen LogP contribution is -2.39. The Morgan fingerprint density at radius 2 is 2.00 bits per heavy atom. The van der Waals surface area contributed by atoms with Crippen LogP contribution in [0.2, 0.25) is 0 Å². The molecular weight excluding hydrogens is 295 g/mol. The number of para-hydroxylation sites is 1. The fraction of sp³-hybridized carbons (Fsp3) is 0.333. The van der Waals surface area contributed by atoms with E-state index in [0.717, 1.165) is 18.0 Å². The van der Waals surface area contributed by atoms with E-state index in [1.54, 1.807) is 11.8 Å². The van der Waals surface area contributed by atoms with E-state index in [4.69, 9.17) is 0 Å². The van der Waals surface area contributed by atoms with Crippen molar-refractivity contribution in [3.05, 3.63) is 53.8 Å². The first-order valence-corrected chi connectivity index (χ1v) is 8.54. The van der Waals surface area contributed by atoms with E-state index < -0.39 is 0 Å². The Kier molecular flexibility index (Phi) is 3.59. The minimum atomic E-state index is -0.185. The highest BCUT2D eigenvalue weighted by molar-refractivity contribution is 7.99. The summed E-state index contributed by atoms with van der Waals surface area (Å²) >= 11 is 1.71. The summed E-state index contributed by atoms with van der Waals surface area (Å²) in [5, 5.41) is 3.74. The predicted octanol–water partition coefficient (Wildman–Crippen LogP) is 4.19. The molecule has 114 valence electrons. The molecule has 0 spiro atoms. The van der Waals surface area contributed by atoms with Crippen molar-refractivity contribution >= 4 is 17.4 Å². The van der Waals surface area contributed by atoms with E-state index in [1.165, 1.54) is 34.7 Å². The van der Waals surface area contributed by atoms with Gasteiger partial charge in [0.05, 0.1) is 5.69 Å². The van der Waals surface area contributed by atoms with Crippen LogP contribution in [-0.4, -0.2) is 31.1 Å². The maximum Gasteiger partial charge on any atom is 0.123 e. The Hall–Kier alpha value is -1.52. The number of nitrogens with one attached hydrogen (secondary N) is 1. The van der Waals surface area contributed by atoms with Crippen molar-refractivity contribution in [3.8, 4) is 0 Å². The average Bonchev–Trinajstić information content (AvgIpc) is 2.89. The second-order valence-electron chi connectivity index (χ2n) is 6.18. The van der Waals surface area contributed by atoms with Gasteiger partial charge in [-0.25, -0.2) is 4.39 Å². The van der Waals surface area contributed by atoms with Crippen molar-refractivity contribution < 1.29 is 4.39 Å². The van der Waals surface area contributed by atoms with Gasteiger partial charge in [0.25, 0.3) is 0 Å². The van der Waals surface area contributed by atoms with Crippen molar-refractivity contribution in [2.75, 3.05) is 25.5 Å². The third-order valence-electron chi connectivity index (χ3n) is 4.65. The van der Waals surface area contributed by atoms with Gasteiger partial charge < -0.3 is 10.2 Å². The van der Waals surface area contributed by atoms with E-state index >= 15 is 0 Å². The van der Waals surface area contributed by atoms with Gasteiger partial charge in [0.1, 0.15) is 5.82 Å². The average molecular weight is 314 g/mol. The number of halogens is 1. The number of likely N-dealkylation sites (N-methyl/N-ethyl adjacent to an activating group) is 1. The fourth-order valence-corrected chi connectivity index (χ4v) is 4.47. The van der Waals surface area contributed by atoms with Crippen LogP contribution in [0.5, 0.6) is 0 Å². The van der Waals surface area contributed by atoms with E-state index in [9.17, 15) is 4.39 Å².